The van der Waals surface area contributed by atoms with Gasteiger partial charge in [-0.3, -0.25) is 4.79 Å². The maximum absolute atomic E-state index is 12.1. The van der Waals surface area contributed by atoms with Gasteiger partial charge in [-0.25, -0.2) is 8.42 Å². The van der Waals surface area contributed by atoms with Crippen molar-refractivity contribution < 1.29 is 27.4 Å². The van der Waals surface area contributed by atoms with Crippen molar-refractivity contribution >= 4 is 43.5 Å². The van der Waals surface area contributed by atoms with Gasteiger partial charge in [0, 0.05) is 4.47 Å². The quantitative estimate of drug-likeness (QED) is 0.664. The average Bonchev–Trinajstić information content (AvgIpc) is 3.07. The van der Waals surface area contributed by atoms with E-state index in [2.05, 4.69) is 20.7 Å². The van der Waals surface area contributed by atoms with Gasteiger partial charge in [-0.1, -0.05) is 33.6 Å². The van der Waals surface area contributed by atoms with Crippen molar-refractivity contribution in [3.8, 4) is 11.5 Å². The third-order valence-corrected chi connectivity index (χ3v) is 5.57. The lowest BCUT2D eigenvalue weighted by Gasteiger charge is -2.09. The third kappa shape index (κ3) is 4.47. The van der Waals surface area contributed by atoms with E-state index in [-0.39, 0.29) is 18.3 Å². The molecule has 1 heterocycles. The van der Waals surface area contributed by atoms with Gasteiger partial charge >= 0.3 is 5.97 Å². The van der Waals surface area contributed by atoms with E-state index in [1.54, 1.807) is 24.3 Å². The second-order valence-electron chi connectivity index (χ2n) is 5.25. The fourth-order valence-electron chi connectivity index (χ4n) is 2.19. The number of fused-ring (bicyclic) bond motifs is 1. The van der Waals surface area contributed by atoms with Crippen molar-refractivity contribution in [3.63, 3.8) is 0 Å². The Hall–Kier alpha value is -1.81. The highest BCUT2D eigenvalue weighted by Crippen LogP contribution is 2.39. The van der Waals surface area contributed by atoms with Crippen LogP contribution in [0.3, 0.4) is 0 Å². The van der Waals surface area contributed by atoms with E-state index >= 15 is 0 Å². The van der Waals surface area contributed by atoms with E-state index in [1.165, 1.54) is 12.1 Å². The fourth-order valence-corrected chi connectivity index (χ4v) is 4.04. The molecule has 0 bridgehead atoms. The first-order valence-corrected chi connectivity index (χ1v) is 9.99. The molecule has 0 fully saturated rings. The van der Waals surface area contributed by atoms with Crippen molar-refractivity contribution in [2.45, 2.75) is 11.5 Å². The minimum Gasteiger partial charge on any atom is -0.460 e. The Bertz CT molecular complexity index is 950. The first-order chi connectivity index (χ1) is 12.3. The summed E-state index contributed by atoms with van der Waals surface area (Å²) >= 11 is 9.25. The van der Waals surface area contributed by atoms with E-state index in [0.29, 0.717) is 26.6 Å². The van der Waals surface area contributed by atoms with Gasteiger partial charge in [-0.05, 0) is 35.9 Å². The number of carbonyl (C=O) groups is 1. The largest absolute Gasteiger partial charge is 0.460 e. The second-order valence-corrected chi connectivity index (χ2v) is 8.34. The highest BCUT2D eigenvalue weighted by atomic mass is 79.9. The topological polar surface area (TPSA) is 90.9 Å². The standard InChI is InChI=1S/C16H13BrClNO6S/c17-11-2-1-3-12(6-11)26(21,22)19-7-15(20)23-8-10-4-13(18)16-14(5-10)24-9-25-16/h1-6,19H,7-9H2. The number of halogens is 2. The lowest BCUT2D eigenvalue weighted by Crippen LogP contribution is -2.30. The zero-order valence-electron chi connectivity index (χ0n) is 13.2. The molecule has 138 valence electrons. The first kappa shape index (κ1) is 19.0. The van der Waals surface area contributed by atoms with Crippen LogP contribution in [0.2, 0.25) is 5.02 Å². The Morgan fingerprint density at radius 2 is 2.08 bits per heavy atom. The molecule has 1 aliphatic rings. The Kier molecular flexibility index (Phi) is 5.71. The predicted molar refractivity (Wildman–Crippen MR) is 96.7 cm³/mol. The Morgan fingerprint density at radius 1 is 1.27 bits per heavy atom. The molecule has 7 nitrogen and oxygen atoms in total. The third-order valence-electron chi connectivity index (χ3n) is 3.40. The summed E-state index contributed by atoms with van der Waals surface area (Å²) in [5.41, 5.74) is 0.599. The molecule has 3 rings (SSSR count). The molecule has 0 saturated heterocycles. The maximum atomic E-state index is 12.1. The number of hydrogen-bond donors (Lipinski definition) is 1. The van der Waals surface area contributed by atoms with Crippen molar-refractivity contribution in [1.29, 1.82) is 0 Å². The van der Waals surface area contributed by atoms with Crippen LogP contribution in [-0.2, 0) is 26.2 Å². The lowest BCUT2D eigenvalue weighted by molar-refractivity contribution is -0.143. The zero-order chi connectivity index (χ0) is 18.7. The maximum Gasteiger partial charge on any atom is 0.321 e. The molecule has 2 aromatic rings. The molecule has 1 N–H and O–H groups in total. The molecule has 0 unspecified atom stereocenters. The molecule has 0 amide bonds. The highest BCUT2D eigenvalue weighted by Gasteiger charge is 2.19. The van der Waals surface area contributed by atoms with Crippen LogP contribution in [0.1, 0.15) is 5.56 Å². The zero-order valence-corrected chi connectivity index (χ0v) is 16.4. The number of hydrogen-bond acceptors (Lipinski definition) is 6. The number of nitrogens with one attached hydrogen (secondary N) is 1. The molecule has 0 aromatic heterocycles. The van der Waals surface area contributed by atoms with E-state index in [0.717, 1.165) is 0 Å². The molecule has 0 atom stereocenters. The minimum absolute atomic E-state index is 0.0437. The van der Waals surface area contributed by atoms with Crippen molar-refractivity contribution in [3.05, 3.63) is 51.5 Å². The van der Waals surface area contributed by atoms with Crippen LogP contribution in [0.4, 0.5) is 0 Å². The average molecular weight is 463 g/mol. The number of carbonyl (C=O) groups excluding carboxylic acids is 1. The molecule has 26 heavy (non-hydrogen) atoms. The van der Waals surface area contributed by atoms with Gasteiger partial charge in [0.2, 0.25) is 16.8 Å². The smallest absolute Gasteiger partial charge is 0.321 e. The minimum atomic E-state index is -3.81. The van der Waals surface area contributed by atoms with Crippen LogP contribution in [0, 0.1) is 0 Å². The van der Waals surface area contributed by atoms with Gasteiger partial charge < -0.3 is 14.2 Å². The molecule has 0 spiro atoms. The summed E-state index contributed by atoms with van der Waals surface area (Å²) in [4.78, 5) is 11.9. The normalized spacial score (nSPS) is 12.8. The van der Waals surface area contributed by atoms with Crippen molar-refractivity contribution in [2.75, 3.05) is 13.3 Å². The van der Waals surface area contributed by atoms with Gasteiger partial charge in [-0.15, -0.1) is 0 Å². The Morgan fingerprint density at radius 3 is 2.85 bits per heavy atom. The molecule has 0 aliphatic carbocycles. The molecule has 1 aliphatic heterocycles. The van der Waals surface area contributed by atoms with Crippen LogP contribution in [0.15, 0.2) is 45.8 Å². The van der Waals surface area contributed by atoms with Crippen LogP contribution in [-0.4, -0.2) is 27.7 Å². The summed E-state index contributed by atoms with van der Waals surface area (Å²) < 4.78 is 42.6. The number of ether oxygens (including phenoxy) is 3. The first-order valence-electron chi connectivity index (χ1n) is 7.34. The van der Waals surface area contributed by atoms with Crippen LogP contribution < -0.4 is 14.2 Å². The van der Waals surface area contributed by atoms with Gasteiger partial charge in [0.25, 0.3) is 0 Å². The van der Waals surface area contributed by atoms with Gasteiger partial charge in [0.1, 0.15) is 13.2 Å². The SMILES string of the molecule is O=C(CNS(=O)(=O)c1cccc(Br)c1)OCc1cc(Cl)c2c(c1)OCO2. The summed E-state index contributed by atoms with van der Waals surface area (Å²) in [7, 11) is -3.81. The summed E-state index contributed by atoms with van der Waals surface area (Å²) in [6.07, 6.45) is 0. The summed E-state index contributed by atoms with van der Waals surface area (Å²) in [6.45, 7) is -0.489. The molecule has 2 aromatic carbocycles. The number of rotatable bonds is 6. The molecule has 10 heteroatoms. The summed E-state index contributed by atoms with van der Waals surface area (Å²) in [5, 5.41) is 0.349. The monoisotopic (exact) mass is 461 g/mol. The van der Waals surface area contributed by atoms with Gasteiger partial charge in [0.05, 0.1) is 9.92 Å². The van der Waals surface area contributed by atoms with Gasteiger partial charge in [0.15, 0.2) is 11.5 Å². The van der Waals surface area contributed by atoms with Crippen LogP contribution in [0.25, 0.3) is 0 Å². The van der Waals surface area contributed by atoms with E-state index < -0.39 is 22.5 Å². The molecular weight excluding hydrogens is 450 g/mol. The fraction of sp³-hybridized carbons (Fsp3) is 0.188. The van der Waals surface area contributed by atoms with E-state index in [1.807, 2.05) is 0 Å². The van der Waals surface area contributed by atoms with Crippen LogP contribution in [0.5, 0.6) is 11.5 Å². The second kappa shape index (κ2) is 7.83. The van der Waals surface area contributed by atoms with Crippen LogP contribution >= 0.6 is 27.5 Å². The van der Waals surface area contributed by atoms with Crippen molar-refractivity contribution in [2.24, 2.45) is 0 Å². The Balaban J connectivity index is 1.56. The van der Waals surface area contributed by atoms with Gasteiger partial charge in [-0.2, -0.15) is 4.72 Å². The van der Waals surface area contributed by atoms with E-state index in [9.17, 15) is 13.2 Å². The summed E-state index contributed by atoms with van der Waals surface area (Å²) in [5.74, 6) is 0.194. The molecule has 0 radical (unpaired) electrons. The number of sulfonamides is 1. The molecule has 0 saturated carbocycles. The van der Waals surface area contributed by atoms with E-state index in [4.69, 9.17) is 25.8 Å². The number of benzene rings is 2. The number of esters is 1. The Labute approximate surface area is 163 Å². The molecular formula is C16H13BrClNO6S. The summed E-state index contributed by atoms with van der Waals surface area (Å²) in [6, 6.07) is 9.38. The lowest BCUT2D eigenvalue weighted by atomic mass is 10.2. The predicted octanol–water partition coefficient (Wildman–Crippen LogP) is 2.85. The highest BCUT2D eigenvalue weighted by molar-refractivity contribution is 9.10. The van der Waals surface area contributed by atoms with Crippen molar-refractivity contribution in [1.82, 2.24) is 4.72 Å².